The second-order valence-corrected chi connectivity index (χ2v) is 5.21. The number of rotatable bonds is 3. The van der Waals surface area contributed by atoms with Gasteiger partial charge in [-0.15, -0.1) is 0 Å². The van der Waals surface area contributed by atoms with Crippen LogP contribution in [0.25, 0.3) is 23.2 Å². The number of pyridine rings is 1. The Labute approximate surface area is 125 Å². The molecule has 0 bridgehead atoms. The summed E-state index contributed by atoms with van der Waals surface area (Å²) in [5.41, 5.74) is 2.21. The lowest BCUT2D eigenvalue weighted by Gasteiger charge is -1.91. The normalized spacial score (nSPS) is 13.4. The fraction of sp³-hybridized carbons (Fsp3) is 0.200. The standard InChI is InChI=1S/C15H15ClN4O/c1-2-3-4-13-18-11(15(21)20-13)7-9-8-17-14-10(9)5-6-12(16)19-14/h4-8,18H,2-3H2,1H3,(H,17,19)(H,20,21)/b11-7-,13-4+. The zero-order chi connectivity index (χ0) is 14.8. The van der Waals surface area contributed by atoms with Gasteiger partial charge in [-0.05, 0) is 30.7 Å². The molecule has 21 heavy (non-hydrogen) atoms. The Morgan fingerprint density at radius 3 is 3.00 bits per heavy atom. The Morgan fingerprint density at radius 2 is 2.19 bits per heavy atom. The molecule has 3 N–H and O–H groups in total. The molecule has 6 heteroatoms. The molecule has 3 rings (SSSR count). The molecule has 0 radical (unpaired) electrons. The number of nitrogens with one attached hydrogen (secondary N) is 3. The van der Waals surface area contributed by atoms with Crippen molar-refractivity contribution in [1.82, 2.24) is 19.9 Å². The van der Waals surface area contributed by atoms with E-state index in [1.165, 1.54) is 0 Å². The first-order valence-electron chi connectivity index (χ1n) is 6.81. The van der Waals surface area contributed by atoms with Crippen LogP contribution in [0, 0.1) is 0 Å². The number of imidazole rings is 1. The zero-order valence-electron chi connectivity index (χ0n) is 11.5. The van der Waals surface area contributed by atoms with Crippen molar-refractivity contribution < 1.29 is 0 Å². The first-order chi connectivity index (χ1) is 10.2. The third-order valence-corrected chi connectivity index (χ3v) is 3.45. The van der Waals surface area contributed by atoms with Crippen LogP contribution >= 0.6 is 11.6 Å². The molecule has 0 aromatic carbocycles. The molecule has 3 aromatic rings. The lowest BCUT2D eigenvalue weighted by Crippen LogP contribution is -2.22. The van der Waals surface area contributed by atoms with Crippen molar-refractivity contribution in [2.24, 2.45) is 0 Å². The summed E-state index contributed by atoms with van der Waals surface area (Å²) >= 11 is 5.86. The number of nitrogens with zero attached hydrogens (tertiary/aromatic N) is 1. The molecule has 0 unspecified atom stereocenters. The number of H-pyrrole nitrogens is 3. The van der Waals surface area contributed by atoms with Crippen molar-refractivity contribution in [1.29, 1.82) is 0 Å². The fourth-order valence-electron chi connectivity index (χ4n) is 2.19. The Morgan fingerprint density at radius 1 is 1.33 bits per heavy atom. The molecule has 0 amide bonds. The summed E-state index contributed by atoms with van der Waals surface area (Å²) < 4.78 is 0. The van der Waals surface area contributed by atoms with E-state index in [0.29, 0.717) is 16.1 Å². The van der Waals surface area contributed by atoms with Gasteiger partial charge in [0.1, 0.15) is 21.6 Å². The van der Waals surface area contributed by atoms with E-state index in [1.807, 2.05) is 18.3 Å². The van der Waals surface area contributed by atoms with Gasteiger partial charge in [-0.2, -0.15) is 0 Å². The Balaban J connectivity index is 2.12. The molecule has 5 nitrogen and oxygen atoms in total. The van der Waals surface area contributed by atoms with E-state index in [1.54, 1.807) is 12.1 Å². The minimum Gasteiger partial charge on any atom is -0.345 e. The summed E-state index contributed by atoms with van der Waals surface area (Å²) in [7, 11) is 0. The molecule has 0 saturated heterocycles. The van der Waals surface area contributed by atoms with E-state index in [2.05, 4.69) is 26.9 Å². The van der Waals surface area contributed by atoms with Crippen LogP contribution in [-0.4, -0.2) is 19.9 Å². The second kappa shape index (κ2) is 5.61. The van der Waals surface area contributed by atoms with Gasteiger partial charge in [0.2, 0.25) is 0 Å². The fourth-order valence-corrected chi connectivity index (χ4v) is 2.34. The molecule has 0 spiro atoms. The SMILES string of the molecule is CCC/C=c1/[nH]c(=O)/c(=C/c2c[nH]c3nc(Cl)ccc23)[nH]1. The topological polar surface area (TPSA) is 77.3 Å². The van der Waals surface area contributed by atoms with E-state index in [0.717, 1.165) is 29.3 Å². The van der Waals surface area contributed by atoms with Gasteiger partial charge in [0.05, 0.1) is 0 Å². The first kappa shape index (κ1) is 13.7. The molecule has 0 saturated carbocycles. The number of unbranched alkanes of at least 4 members (excludes halogenated alkanes) is 1. The van der Waals surface area contributed by atoms with Crippen LogP contribution in [0.1, 0.15) is 25.3 Å². The molecule has 3 aromatic heterocycles. The van der Waals surface area contributed by atoms with Crippen LogP contribution in [0.3, 0.4) is 0 Å². The van der Waals surface area contributed by atoms with Gasteiger partial charge in [0.25, 0.3) is 5.56 Å². The highest BCUT2D eigenvalue weighted by Crippen LogP contribution is 2.18. The summed E-state index contributed by atoms with van der Waals surface area (Å²) in [6.07, 6.45) is 7.55. The Hall–Kier alpha value is -2.27. The van der Waals surface area contributed by atoms with Crippen LogP contribution in [0.2, 0.25) is 5.15 Å². The van der Waals surface area contributed by atoms with Gasteiger partial charge in [0.15, 0.2) is 0 Å². The Bertz CT molecular complexity index is 948. The second-order valence-electron chi connectivity index (χ2n) is 4.82. The minimum absolute atomic E-state index is 0.131. The van der Waals surface area contributed by atoms with Gasteiger partial charge in [-0.1, -0.05) is 24.9 Å². The molecule has 108 valence electrons. The van der Waals surface area contributed by atoms with Crippen molar-refractivity contribution >= 4 is 34.8 Å². The van der Waals surface area contributed by atoms with E-state index < -0.39 is 0 Å². The molecule has 0 fully saturated rings. The van der Waals surface area contributed by atoms with Crippen LogP contribution in [0.4, 0.5) is 0 Å². The number of halogens is 1. The highest BCUT2D eigenvalue weighted by Gasteiger charge is 2.03. The highest BCUT2D eigenvalue weighted by molar-refractivity contribution is 6.29. The number of aromatic amines is 3. The largest absolute Gasteiger partial charge is 0.345 e. The summed E-state index contributed by atoms with van der Waals surface area (Å²) in [5.74, 6) is 0. The summed E-state index contributed by atoms with van der Waals surface area (Å²) in [6.45, 7) is 2.09. The van der Waals surface area contributed by atoms with Gasteiger partial charge < -0.3 is 15.0 Å². The van der Waals surface area contributed by atoms with Crippen LogP contribution < -0.4 is 16.4 Å². The maximum absolute atomic E-state index is 11.9. The molecular formula is C15H15ClN4O. The molecule has 0 atom stereocenters. The van der Waals surface area contributed by atoms with Crippen LogP contribution in [0.5, 0.6) is 0 Å². The average Bonchev–Trinajstić information content (AvgIpc) is 3.01. The molecular weight excluding hydrogens is 288 g/mol. The third-order valence-electron chi connectivity index (χ3n) is 3.24. The first-order valence-corrected chi connectivity index (χ1v) is 7.19. The molecule has 3 heterocycles. The van der Waals surface area contributed by atoms with Crippen molar-refractivity contribution in [2.45, 2.75) is 19.8 Å². The van der Waals surface area contributed by atoms with Gasteiger partial charge in [-0.25, -0.2) is 4.98 Å². The van der Waals surface area contributed by atoms with E-state index >= 15 is 0 Å². The average molecular weight is 303 g/mol. The maximum atomic E-state index is 11.9. The number of hydrogen-bond acceptors (Lipinski definition) is 2. The van der Waals surface area contributed by atoms with Crippen molar-refractivity contribution in [3.05, 3.63) is 50.2 Å². The van der Waals surface area contributed by atoms with Crippen LogP contribution in [-0.2, 0) is 0 Å². The zero-order valence-corrected chi connectivity index (χ0v) is 12.3. The van der Waals surface area contributed by atoms with E-state index in [-0.39, 0.29) is 5.56 Å². The minimum atomic E-state index is -0.131. The third kappa shape index (κ3) is 2.78. The van der Waals surface area contributed by atoms with Crippen molar-refractivity contribution in [3.8, 4) is 0 Å². The summed E-state index contributed by atoms with van der Waals surface area (Å²) in [6, 6.07) is 3.61. The summed E-state index contributed by atoms with van der Waals surface area (Å²) in [5, 5.41) is 1.88. The predicted octanol–water partition coefficient (Wildman–Crippen LogP) is 1.64. The highest BCUT2D eigenvalue weighted by atomic mass is 35.5. The van der Waals surface area contributed by atoms with Gasteiger partial charge in [0, 0.05) is 17.1 Å². The lowest BCUT2D eigenvalue weighted by molar-refractivity contribution is 0.980. The monoisotopic (exact) mass is 302 g/mol. The quantitative estimate of drug-likeness (QED) is 0.643. The Kier molecular flexibility index (Phi) is 3.66. The number of fused-ring (bicyclic) bond motifs is 1. The predicted molar refractivity (Wildman–Crippen MR) is 84.7 cm³/mol. The van der Waals surface area contributed by atoms with Gasteiger partial charge in [-0.3, -0.25) is 4.79 Å². The molecule has 0 aliphatic rings. The lowest BCUT2D eigenvalue weighted by atomic mass is 10.2. The number of hydrogen-bond donors (Lipinski definition) is 3. The molecule has 0 aliphatic heterocycles. The summed E-state index contributed by atoms with van der Waals surface area (Å²) in [4.78, 5) is 25.1. The smallest absolute Gasteiger partial charge is 0.273 e. The van der Waals surface area contributed by atoms with Crippen molar-refractivity contribution in [3.63, 3.8) is 0 Å². The maximum Gasteiger partial charge on any atom is 0.273 e. The number of aromatic nitrogens is 4. The van der Waals surface area contributed by atoms with E-state index in [4.69, 9.17) is 11.6 Å². The van der Waals surface area contributed by atoms with Crippen molar-refractivity contribution in [2.75, 3.05) is 0 Å². The van der Waals surface area contributed by atoms with Gasteiger partial charge >= 0.3 is 0 Å². The van der Waals surface area contributed by atoms with Crippen LogP contribution in [0.15, 0.2) is 23.1 Å². The molecule has 0 aliphatic carbocycles. The van der Waals surface area contributed by atoms with E-state index in [9.17, 15) is 4.79 Å².